The van der Waals surface area contributed by atoms with E-state index in [1.54, 1.807) is 12.3 Å². The summed E-state index contributed by atoms with van der Waals surface area (Å²) in [5, 5.41) is 9.23. The van der Waals surface area contributed by atoms with E-state index in [0.29, 0.717) is 6.54 Å². The van der Waals surface area contributed by atoms with Gasteiger partial charge in [-0.1, -0.05) is 36.9 Å². The van der Waals surface area contributed by atoms with Gasteiger partial charge in [-0.2, -0.15) is 0 Å². The fourth-order valence-electron chi connectivity index (χ4n) is 3.50. The number of carboxylic acid groups (broad SMARTS) is 1. The predicted molar refractivity (Wildman–Crippen MR) is 106 cm³/mol. The summed E-state index contributed by atoms with van der Waals surface area (Å²) in [6, 6.07) is 13.5. The lowest BCUT2D eigenvalue weighted by atomic mass is 10.1. The molecule has 0 spiro atoms. The lowest BCUT2D eigenvalue weighted by molar-refractivity contribution is 0.0696. The fraction of sp³-hybridized carbons (Fsp3) is 0.364. The van der Waals surface area contributed by atoms with Gasteiger partial charge in [0.2, 0.25) is 0 Å². The molecular weight excluding hydrogens is 338 g/mol. The number of carbonyl (C=O) groups is 1. The second-order valence-electron chi connectivity index (χ2n) is 7.09. The molecule has 0 radical (unpaired) electrons. The number of rotatable bonds is 8. The molecule has 2 aromatic rings. The Morgan fingerprint density at radius 1 is 1.11 bits per heavy atom. The molecule has 0 unspecified atom stereocenters. The van der Waals surface area contributed by atoms with Gasteiger partial charge in [-0.25, -0.2) is 4.79 Å². The number of nitrogens with zero attached hydrogens (tertiary/aromatic N) is 3. The largest absolute Gasteiger partial charge is 0.478 e. The number of hydrogen-bond acceptors (Lipinski definition) is 4. The van der Waals surface area contributed by atoms with Crippen LogP contribution in [0.2, 0.25) is 0 Å². The second kappa shape index (κ2) is 9.33. The molecule has 142 valence electrons. The number of piperidine rings is 1. The van der Waals surface area contributed by atoms with Gasteiger partial charge < -0.3 is 10.0 Å². The van der Waals surface area contributed by atoms with Crippen LogP contribution >= 0.6 is 0 Å². The third-order valence-corrected chi connectivity index (χ3v) is 4.91. The van der Waals surface area contributed by atoms with Crippen LogP contribution < -0.4 is 0 Å². The van der Waals surface area contributed by atoms with E-state index in [0.717, 1.165) is 37.6 Å². The minimum absolute atomic E-state index is 0.273. The van der Waals surface area contributed by atoms with Crippen molar-refractivity contribution in [2.24, 2.45) is 0 Å². The van der Waals surface area contributed by atoms with Crippen LogP contribution in [-0.4, -0.2) is 45.5 Å². The molecule has 1 aliphatic rings. The maximum atomic E-state index is 11.3. The molecule has 1 aromatic carbocycles. The standard InChI is InChI=1S/C22H27N3O2/c1-18(25-12-6-3-7-13-25)15-24(16-19-8-4-2-5-9-19)17-21-14-20(22(26)27)10-11-23-21/h2,4-5,8-11,14H,1,3,6-7,12-13,15-17H2,(H,26,27). The normalized spacial score (nSPS) is 14.3. The highest BCUT2D eigenvalue weighted by Crippen LogP contribution is 2.17. The highest BCUT2D eigenvalue weighted by Gasteiger charge is 2.16. The van der Waals surface area contributed by atoms with Crippen LogP contribution in [0.1, 0.15) is 40.9 Å². The van der Waals surface area contributed by atoms with E-state index >= 15 is 0 Å². The summed E-state index contributed by atoms with van der Waals surface area (Å²) >= 11 is 0. The fourth-order valence-corrected chi connectivity index (χ4v) is 3.50. The molecule has 1 N–H and O–H groups in total. The van der Waals surface area contributed by atoms with Gasteiger partial charge in [0.25, 0.3) is 0 Å². The maximum absolute atomic E-state index is 11.3. The van der Waals surface area contributed by atoms with Crippen LogP contribution in [0.15, 0.2) is 60.9 Å². The number of aromatic nitrogens is 1. The highest BCUT2D eigenvalue weighted by atomic mass is 16.4. The molecule has 0 bridgehead atoms. The van der Waals surface area contributed by atoms with Crippen molar-refractivity contribution < 1.29 is 9.90 Å². The van der Waals surface area contributed by atoms with Crippen molar-refractivity contribution in [3.05, 3.63) is 77.8 Å². The van der Waals surface area contributed by atoms with Gasteiger partial charge in [0.15, 0.2) is 0 Å². The van der Waals surface area contributed by atoms with Crippen molar-refractivity contribution >= 4 is 5.97 Å². The Kier molecular flexibility index (Phi) is 6.60. The summed E-state index contributed by atoms with van der Waals surface area (Å²) in [5.74, 6) is -0.925. The van der Waals surface area contributed by atoms with Gasteiger partial charge in [-0.15, -0.1) is 0 Å². The Balaban J connectivity index is 1.73. The van der Waals surface area contributed by atoms with Gasteiger partial charge in [0.05, 0.1) is 11.3 Å². The average molecular weight is 365 g/mol. The molecule has 0 saturated carbocycles. The first kappa shape index (κ1) is 19.1. The van der Waals surface area contributed by atoms with Crippen molar-refractivity contribution in [3.63, 3.8) is 0 Å². The number of aromatic carboxylic acids is 1. The van der Waals surface area contributed by atoms with Crippen molar-refractivity contribution in [1.29, 1.82) is 0 Å². The predicted octanol–water partition coefficient (Wildman–Crippen LogP) is 3.78. The van der Waals surface area contributed by atoms with E-state index in [2.05, 4.69) is 33.5 Å². The quantitative estimate of drug-likeness (QED) is 0.771. The maximum Gasteiger partial charge on any atom is 0.335 e. The Morgan fingerprint density at radius 3 is 2.56 bits per heavy atom. The van der Waals surface area contributed by atoms with Gasteiger partial charge >= 0.3 is 5.97 Å². The number of likely N-dealkylation sites (tertiary alicyclic amines) is 1. The monoisotopic (exact) mass is 365 g/mol. The molecule has 0 aliphatic carbocycles. The summed E-state index contributed by atoms with van der Waals surface area (Å²) < 4.78 is 0. The molecule has 0 atom stereocenters. The minimum Gasteiger partial charge on any atom is -0.478 e. The Bertz CT molecular complexity index is 770. The molecule has 0 amide bonds. The molecule has 1 aliphatic heterocycles. The van der Waals surface area contributed by atoms with Crippen LogP contribution in [0, 0.1) is 0 Å². The summed E-state index contributed by atoms with van der Waals surface area (Å²) in [4.78, 5) is 20.3. The smallest absolute Gasteiger partial charge is 0.335 e. The zero-order valence-corrected chi connectivity index (χ0v) is 15.7. The van der Waals surface area contributed by atoms with Gasteiger partial charge in [0, 0.05) is 44.6 Å². The summed E-state index contributed by atoms with van der Waals surface area (Å²) in [5.41, 5.74) is 3.38. The van der Waals surface area contributed by atoms with E-state index in [1.165, 1.54) is 30.9 Å². The lowest BCUT2D eigenvalue weighted by Crippen LogP contribution is -2.35. The molecule has 5 nitrogen and oxygen atoms in total. The van der Waals surface area contributed by atoms with E-state index in [-0.39, 0.29) is 5.56 Å². The third-order valence-electron chi connectivity index (χ3n) is 4.91. The van der Waals surface area contributed by atoms with Crippen LogP contribution in [0.3, 0.4) is 0 Å². The van der Waals surface area contributed by atoms with Crippen molar-refractivity contribution in [2.75, 3.05) is 19.6 Å². The Morgan fingerprint density at radius 2 is 1.85 bits per heavy atom. The van der Waals surface area contributed by atoms with Gasteiger partial charge in [0.1, 0.15) is 0 Å². The molecule has 5 heteroatoms. The molecule has 1 fully saturated rings. The number of carboxylic acids is 1. The molecular formula is C22H27N3O2. The van der Waals surface area contributed by atoms with Crippen LogP contribution in [0.25, 0.3) is 0 Å². The zero-order valence-electron chi connectivity index (χ0n) is 15.7. The summed E-state index contributed by atoms with van der Waals surface area (Å²) in [6.45, 7) is 8.57. The van der Waals surface area contributed by atoms with Crippen LogP contribution in [0.5, 0.6) is 0 Å². The number of pyridine rings is 1. The second-order valence-corrected chi connectivity index (χ2v) is 7.09. The molecule has 27 heavy (non-hydrogen) atoms. The van der Waals surface area contributed by atoms with E-state index in [9.17, 15) is 9.90 Å². The van der Waals surface area contributed by atoms with Crippen LogP contribution in [-0.2, 0) is 13.1 Å². The number of hydrogen-bond donors (Lipinski definition) is 1. The van der Waals surface area contributed by atoms with Crippen LogP contribution in [0.4, 0.5) is 0 Å². The topological polar surface area (TPSA) is 56.7 Å². The first-order chi connectivity index (χ1) is 13.1. The summed E-state index contributed by atoms with van der Waals surface area (Å²) in [6.07, 6.45) is 5.31. The van der Waals surface area contributed by atoms with E-state index in [4.69, 9.17) is 0 Å². The number of benzene rings is 1. The first-order valence-electron chi connectivity index (χ1n) is 9.49. The van der Waals surface area contributed by atoms with E-state index in [1.807, 2.05) is 18.2 Å². The Labute approximate surface area is 161 Å². The molecule has 2 heterocycles. The highest BCUT2D eigenvalue weighted by molar-refractivity contribution is 5.87. The van der Waals surface area contributed by atoms with E-state index < -0.39 is 5.97 Å². The SMILES string of the molecule is C=C(CN(Cc1ccccc1)Cc1cc(C(=O)O)ccn1)N1CCCCC1. The molecule has 3 rings (SSSR count). The van der Waals surface area contributed by atoms with Crippen molar-refractivity contribution in [1.82, 2.24) is 14.8 Å². The van der Waals surface area contributed by atoms with Gasteiger partial charge in [-0.05, 0) is 37.0 Å². The Hall–Kier alpha value is -2.66. The van der Waals surface area contributed by atoms with Crippen molar-refractivity contribution in [3.8, 4) is 0 Å². The lowest BCUT2D eigenvalue weighted by Gasteiger charge is -2.33. The van der Waals surface area contributed by atoms with Crippen molar-refractivity contribution in [2.45, 2.75) is 32.4 Å². The zero-order chi connectivity index (χ0) is 19.1. The first-order valence-corrected chi connectivity index (χ1v) is 9.49. The summed E-state index contributed by atoms with van der Waals surface area (Å²) in [7, 11) is 0. The average Bonchev–Trinajstić information content (AvgIpc) is 2.69. The minimum atomic E-state index is -0.925. The molecule has 1 aromatic heterocycles. The third kappa shape index (κ3) is 5.66. The molecule has 1 saturated heterocycles. The van der Waals surface area contributed by atoms with Gasteiger partial charge in [-0.3, -0.25) is 9.88 Å².